The number of benzene rings is 2. The Labute approximate surface area is 167 Å². The average Bonchev–Trinajstić information content (AvgIpc) is 3.04. The quantitative estimate of drug-likeness (QED) is 0.545. The van der Waals surface area contributed by atoms with Gasteiger partial charge in [-0.2, -0.15) is 0 Å². The number of rotatable bonds is 5. The van der Waals surface area contributed by atoms with Crippen LogP contribution in [0.15, 0.2) is 42.5 Å². The molecule has 0 aliphatic carbocycles. The van der Waals surface area contributed by atoms with Gasteiger partial charge >= 0.3 is 5.97 Å². The first-order chi connectivity index (χ1) is 13.2. The molecule has 0 bridgehead atoms. The number of para-hydroxylation sites is 1. The molecule has 1 fully saturated rings. The molecule has 4 heteroatoms. The Morgan fingerprint density at radius 3 is 2.29 bits per heavy atom. The molecular weight excluding hydrogens is 350 g/mol. The Bertz CT molecular complexity index is 863. The maximum Gasteiger partial charge on any atom is 0.316 e. The van der Waals surface area contributed by atoms with Gasteiger partial charge in [0.1, 0.15) is 5.75 Å². The predicted octanol–water partition coefficient (Wildman–Crippen LogP) is 4.95. The van der Waals surface area contributed by atoms with Crippen molar-refractivity contribution in [3.8, 4) is 5.75 Å². The number of aryl methyl sites for hydroxylation is 2. The molecule has 2 aromatic rings. The number of esters is 1. The third-order valence-corrected chi connectivity index (χ3v) is 5.91. The molecule has 1 saturated heterocycles. The first-order valence-electron chi connectivity index (χ1n) is 9.91. The van der Waals surface area contributed by atoms with E-state index in [2.05, 4.69) is 20.8 Å². The fourth-order valence-corrected chi connectivity index (χ4v) is 3.69. The van der Waals surface area contributed by atoms with Crippen LogP contribution in [0.3, 0.4) is 0 Å². The first kappa shape index (κ1) is 20.1. The summed E-state index contributed by atoms with van der Waals surface area (Å²) in [5.41, 5.74) is 4.29. The molecule has 0 unspecified atom stereocenters. The molecule has 148 valence electrons. The lowest BCUT2D eigenvalue weighted by Gasteiger charge is -2.23. The monoisotopic (exact) mass is 379 g/mol. The van der Waals surface area contributed by atoms with Crippen molar-refractivity contribution < 1.29 is 14.3 Å². The zero-order valence-electron chi connectivity index (χ0n) is 17.4. The summed E-state index contributed by atoms with van der Waals surface area (Å²) in [6, 6.07) is 13.6. The molecule has 2 aromatic carbocycles. The van der Waals surface area contributed by atoms with E-state index < -0.39 is 5.92 Å². The lowest BCUT2D eigenvalue weighted by Crippen LogP contribution is -2.28. The van der Waals surface area contributed by atoms with E-state index in [9.17, 15) is 9.59 Å². The minimum absolute atomic E-state index is 0.0283. The third-order valence-electron chi connectivity index (χ3n) is 5.91. The van der Waals surface area contributed by atoms with Crippen LogP contribution in [0.4, 0.5) is 5.69 Å². The van der Waals surface area contributed by atoms with E-state index in [1.807, 2.05) is 56.3 Å². The molecule has 0 radical (unpaired) electrons. The fraction of sp³-hybridized carbons (Fsp3) is 0.417. The second-order valence-electron chi connectivity index (χ2n) is 8.33. The number of ether oxygens (including phenoxy) is 1. The molecule has 0 saturated carbocycles. The summed E-state index contributed by atoms with van der Waals surface area (Å²) >= 11 is 0. The van der Waals surface area contributed by atoms with Crippen molar-refractivity contribution in [1.29, 1.82) is 0 Å². The lowest BCUT2D eigenvalue weighted by molar-refractivity contribution is -0.139. The summed E-state index contributed by atoms with van der Waals surface area (Å²) in [5.74, 6) is -0.291. The summed E-state index contributed by atoms with van der Waals surface area (Å²) in [6.07, 6.45) is 1.22. The Kier molecular flexibility index (Phi) is 5.59. The number of hydrogen-bond donors (Lipinski definition) is 0. The largest absolute Gasteiger partial charge is 0.426 e. The van der Waals surface area contributed by atoms with Gasteiger partial charge in [-0.15, -0.1) is 0 Å². The van der Waals surface area contributed by atoms with E-state index in [4.69, 9.17) is 4.74 Å². The Morgan fingerprint density at radius 2 is 1.71 bits per heavy atom. The van der Waals surface area contributed by atoms with Gasteiger partial charge in [-0.25, -0.2) is 0 Å². The molecule has 0 spiro atoms. The van der Waals surface area contributed by atoms with Crippen molar-refractivity contribution in [3.63, 3.8) is 0 Å². The van der Waals surface area contributed by atoms with Crippen molar-refractivity contribution in [2.75, 3.05) is 11.4 Å². The highest BCUT2D eigenvalue weighted by molar-refractivity contribution is 6.00. The van der Waals surface area contributed by atoms with Crippen molar-refractivity contribution in [2.24, 2.45) is 5.92 Å². The summed E-state index contributed by atoms with van der Waals surface area (Å²) in [5, 5.41) is 0. The summed E-state index contributed by atoms with van der Waals surface area (Å²) in [4.78, 5) is 26.9. The molecule has 1 amide bonds. The van der Waals surface area contributed by atoms with E-state index >= 15 is 0 Å². The summed E-state index contributed by atoms with van der Waals surface area (Å²) < 4.78 is 5.57. The second kappa shape index (κ2) is 7.78. The number of nitrogens with zero attached hydrogens (tertiary/aromatic N) is 1. The lowest BCUT2D eigenvalue weighted by atomic mass is 9.82. The van der Waals surface area contributed by atoms with Crippen LogP contribution in [0.25, 0.3) is 0 Å². The van der Waals surface area contributed by atoms with Gasteiger partial charge in [0.05, 0.1) is 5.92 Å². The molecule has 28 heavy (non-hydrogen) atoms. The first-order valence-corrected chi connectivity index (χ1v) is 9.91. The number of carbonyl (C=O) groups excluding carboxylic acids is 2. The van der Waals surface area contributed by atoms with Gasteiger partial charge in [0.15, 0.2) is 0 Å². The third kappa shape index (κ3) is 3.96. The number of carbonyl (C=O) groups is 2. The van der Waals surface area contributed by atoms with Crippen LogP contribution in [-0.2, 0) is 15.0 Å². The highest BCUT2D eigenvalue weighted by Crippen LogP contribution is 2.32. The van der Waals surface area contributed by atoms with Crippen LogP contribution in [-0.4, -0.2) is 18.4 Å². The number of amides is 1. The van der Waals surface area contributed by atoms with E-state index in [1.54, 1.807) is 4.90 Å². The van der Waals surface area contributed by atoms with Crippen LogP contribution in [0.5, 0.6) is 5.75 Å². The molecule has 1 heterocycles. The van der Waals surface area contributed by atoms with E-state index in [-0.39, 0.29) is 23.7 Å². The smallest absolute Gasteiger partial charge is 0.316 e. The fourth-order valence-electron chi connectivity index (χ4n) is 3.69. The van der Waals surface area contributed by atoms with Gasteiger partial charge in [-0.05, 0) is 54.5 Å². The minimum Gasteiger partial charge on any atom is -0.426 e. The Morgan fingerprint density at radius 1 is 1.11 bits per heavy atom. The van der Waals surface area contributed by atoms with Crippen LogP contribution < -0.4 is 9.64 Å². The van der Waals surface area contributed by atoms with Crippen LogP contribution >= 0.6 is 0 Å². The summed E-state index contributed by atoms with van der Waals surface area (Å²) in [6.45, 7) is 10.9. The highest BCUT2D eigenvalue weighted by atomic mass is 16.5. The van der Waals surface area contributed by atoms with Gasteiger partial charge < -0.3 is 9.64 Å². The van der Waals surface area contributed by atoms with E-state index in [0.29, 0.717) is 12.3 Å². The van der Waals surface area contributed by atoms with Gasteiger partial charge in [0.25, 0.3) is 0 Å². The van der Waals surface area contributed by atoms with Crippen molar-refractivity contribution >= 4 is 17.6 Å². The molecular formula is C24H29NO3. The van der Waals surface area contributed by atoms with Gasteiger partial charge in [0, 0.05) is 18.7 Å². The topological polar surface area (TPSA) is 46.6 Å². The standard InChI is InChI=1S/C24H29NO3/c1-6-24(4,5)19-10-12-20(13-11-19)28-23(27)18-14-21(26)25(15-18)22-16(2)8-7-9-17(22)3/h7-13,18H,6,14-15H2,1-5H3/t18-/m0/s1. The van der Waals surface area contributed by atoms with Gasteiger partial charge in [-0.1, -0.05) is 51.1 Å². The van der Waals surface area contributed by atoms with Crippen molar-refractivity contribution in [1.82, 2.24) is 0 Å². The summed E-state index contributed by atoms with van der Waals surface area (Å²) in [7, 11) is 0. The van der Waals surface area contributed by atoms with Gasteiger partial charge in [0.2, 0.25) is 5.91 Å². The van der Waals surface area contributed by atoms with E-state index in [0.717, 1.165) is 23.2 Å². The van der Waals surface area contributed by atoms with Gasteiger partial charge in [-0.3, -0.25) is 9.59 Å². The SMILES string of the molecule is CCC(C)(C)c1ccc(OC(=O)[C@H]2CC(=O)N(c3c(C)cccc3C)C2)cc1. The van der Waals surface area contributed by atoms with Crippen LogP contribution in [0, 0.1) is 19.8 Å². The highest BCUT2D eigenvalue weighted by Gasteiger charge is 2.37. The molecule has 1 atom stereocenters. The normalized spacial score (nSPS) is 17.1. The Balaban J connectivity index is 1.70. The zero-order valence-corrected chi connectivity index (χ0v) is 17.4. The molecule has 0 N–H and O–H groups in total. The molecule has 4 nitrogen and oxygen atoms in total. The molecule has 1 aliphatic rings. The molecule has 3 rings (SSSR count). The van der Waals surface area contributed by atoms with Crippen LogP contribution in [0.1, 0.15) is 50.3 Å². The number of hydrogen-bond acceptors (Lipinski definition) is 3. The van der Waals surface area contributed by atoms with Crippen molar-refractivity contribution in [3.05, 3.63) is 59.2 Å². The second-order valence-corrected chi connectivity index (χ2v) is 8.33. The maximum atomic E-state index is 12.6. The molecule has 0 aromatic heterocycles. The Hall–Kier alpha value is -2.62. The predicted molar refractivity (Wildman–Crippen MR) is 112 cm³/mol. The van der Waals surface area contributed by atoms with E-state index in [1.165, 1.54) is 5.56 Å². The zero-order chi connectivity index (χ0) is 20.5. The minimum atomic E-state index is -0.446. The van der Waals surface area contributed by atoms with Crippen molar-refractivity contribution in [2.45, 2.75) is 52.9 Å². The molecule has 1 aliphatic heterocycles. The maximum absolute atomic E-state index is 12.6. The van der Waals surface area contributed by atoms with Crippen LogP contribution in [0.2, 0.25) is 0 Å². The average molecular weight is 380 g/mol. The number of anilines is 1.